The van der Waals surface area contributed by atoms with E-state index in [1.54, 1.807) is 18.2 Å². The van der Waals surface area contributed by atoms with Gasteiger partial charge in [-0.2, -0.15) is 0 Å². The lowest BCUT2D eigenvalue weighted by atomic mass is 10.00. The number of allylic oxidation sites excluding steroid dienone is 1. The fourth-order valence-corrected chi connectivity index (χ4v) is 3.48. The molecular formula is C18H15F3N2OS. The molecule has 1 aliphatic rings. The van der Waals surface area contributed by atoms with Crippen LogP contribution in [0.2, 0.25) is 0 Å². The fourth-order valence-electron chi connectivity index (χ4n) is 2.50. The molecule has 0 atom stereocenters. The number of ether oxygens (including phenoxy) is 1. The van der Waals surface area contributed by atoms with Gasteiger partial charge in [-0.3, -0.25) is 0 Å². The molecule has 0 N–H and O–H groups in total. The number of aromatic nitrogens is 2. The molecule has 3 rings (SSSR count). The molecule has 0 radical (unpaired) electrons. The zero-order chi connectivity index (χ0) is 18.0. The number of hydrogen-bond donors (Lipinski definition) is 0. The Bertz CT molecular complexity index is 829. The Labute approximate surface area is 147 Å². The predicted molar refractivity (Wildman–Crippen MR) is 92.2 cm³/mol. The number of rotatable bonds is 4. The summed E-state index contributed by atoms with van der Waals surface area (Å²) in [4.78, 5) is 8.98. The van der Waals surface area contributed by atoms with Crippen LogP contribution in [0.25, 0.3) is 17.3 Å². The average Bonchev–Trinajstić information content (AvgIpc) is 2.59. The van der Waals surface area contributed by atoms with E-state index < -0.39 is 6.36 Å². The lowest BCUT2D eigenvalue weighted by molar-refractivity contribution is -0.274. The number of thioether (sulfide) groups is 1. The Morgan fingerprint density at radius 3 is 2.56 bits per heavy atom. The molecule has 0 aliphatic carbocycles. The van der Waals surface area contributed by atoms with Crippen LogP contribution in [0.5, 0.6) is 5.75 Å². The Kier molecular flexibility index (Phi) is 4.85. The van der Waals surface area contributed by atoms with Crippen molar-refractivity contribution in [2.75, 3.05) is 0 Å². The summed E-state index contributed by atoms with van der Waals surface area (Å²) in [5, 5.41) is 2.94. The zero-order valence-corrected chi connectivity index (χ0v) is 14.2. The topological polar surface area (TPSA) is 35.0 Å². The SMILES string of the molecule is C=Cc1nc2c(c(-c3ccc(OC(F)(F)F)cc3)n1)CC(CC)=CS2. The van der Waals surface area contributed by atoms with Crippen LogP contribution in [0.15, 0.2) is 46.9 Å². The van der Waals surface area contributed by atoms with Gasteiger partial charge in [0.25, 0.3) is 0 Å². The highest BCUT2D eigenvalue weighted by Gasteiger charge is 2.31. The lowest BCUT2D eigenvalue weighted by Gasteiger charge is -2.19. The van der Waals surface area contributed by atoms with Crippen molar-refractivity contribution in [3.63, 3.8) is 0 Å². The highest BCUT2D eigenvalue weighted by molar-refractivity contribution is 8.02. The maximum Gasteiger partial charge on any atom is 0.573 e. The standard InChI is InChI=1S/C18H15F3N2OS/c1-3-11-9-14-16(22-15(4-2)23-17(14)25-10-11)12-5-7-13(8-6-12)24-18(19,20)21/h4-8,10H,2-3,9H2,1H3. The summed E-state index contributed by atoms with van der Waals surface area (Å²) < 4.78 is 40.8. The summed E-state index contributed by atoms with van der Waals surface area (Å²) in [6, 6.07) is 5.73. The largest absolute Gasteiger partial charge is 0.573 e. The van der Waals surface area contributed by atoms with Gasteiger partial charge < -0.3 is 4.74 Å². The molecule has 1 aromatic heterocycles. The molecule has 0 amide bonds. The lowest BCUT2D eigenvalue weighted by Crippen LogP contribution is -2.17. The van der Waals surface area contributed by atoms with Crippen molar-refractivity contribution < 1.29 is 17.9 Å². The highest BCUT2D eigenvalue weighted by Crippen LogP contribution is 2.37. The van der Waals surface area contributed by atoms with E-state index in [9.17, 15) is 13.2 Å². The van der Waals surface area contributed by atoms with Crippen LogP contribution in [0, 0.1) is 0 Å². The van der Waals surface area contributed by atoms with Crippen LogP contribution in [-0.4, -0.2) is 16.3 Å². The molecule has 0 fully saturated rings. The minimum Gasteiger partial charge on any atom is -0.406 e. The van der Waals surface area contributed by atoms with Crippen molar-refractivity contribution in [1.82, 2.24) is 9.97 Å². The Hall–Kier alpha value is -2.28. The number of fused-ring (bicyclic) bond motifs is 1. The minimum atomic E-state index is -4.71. The van der Waals surface area contributed by atoms with Crippen LogP contribution >= 0.6 is 11.8 Å². The third-order valence-electron chi connectivity index (χ3n) is 3.73. The Morgan fingerprint density at radius 1 is 1.24 bits per heavy atom. The molecule has 0 saturated carbocycles. The van der Waals surface area contributed by atoms with Gasteiger partial charge in [-0.05, 0) is 48.6 Å². The third-order valence-corrected chi connectivity index (χ3v) is 4.74. The predicted octanol–water partition coefficient (Wildman–Crippen LogP) is 5.63. The minimum absolute atomic E-state index is 0.258. The highest BCUT2D eigenvalue weighted by atomic mass is 32.2. The van der Waals surface area contributed by atoms with Gasteiger partial charge in [0, 0.05) is 11.1 Å². The van der Waals surface area contributed by atoms with Crippen molar-refractivity contribution in [3.05, 3.63) is 53.2 Å². The van der Waals surface area contributed by atoms with Gasteiger partial charge in [-0.15, -0.1) is 13.2 Å². The third kappa shape index (κ3) is 4.04. The van der Waals surface area contributed by atoms with Crippen LogP contribution < -0.4 is 4.74 Å². The number of alkyl halides is 3. The summed E-state index contributed by atoms with van der Waals surface area (Å²) in [6.07, 6.45) is -1.49. The molecule has 130 valence electrons. The van der Waals surface area contributed by atoms with Crippen LogP contribution in [0.1, 0.15) is 24.7 Å². The van der Waals surface area contributed by atoms with Gasteiger partial charge in [-0.25, -0.2) is 9.97 Å². The van der Waals surface area contributed by atoms with Gasteiger partial charge in [-0.1, -0.05) is 30.8 Å². The van der Waals surface area contributed by atoms with Crippen molar-refractivity contribution in [2.24, 2.45) is 0 Å². The second-order valence-electron chi connectivity index (χ2n) is 5.41. The van der Waals surface area contributed by atoms with Crippen molar-refractivity contribution >= 4 is 17.8 Å². The second kappa shape index (κ2) is 6.92. The maximum atomic E-state index is 12.3. The maximum absolute atomic E-state index is 12.3. The number of hydrogen-bond acceptors (Lipinski definition) is 4. The first-order chi connectivity index (χ1) is 11.9. The fraction of sp³-hybridized carbons (Fsp3) is 0.222. The average molecular weight is 364 g/mol. The Morgan fingerprint density at radius 2 is 1.96 bits per heavy atom. The van der Waals surface area contributed by atoms with E-state index in [0.29, 0.717) is 17.1 Å². The molecule has 1 aliphatic heterocycles. The number of nitrogens with zero attached hydrogens (tertiary/aromatic N) is 2. The number of halogens is 3. The molecule has 7 heteroatoms. The molecular weight excluding hydrogens is 349 g/mol. The van der Waals surface area contributed by atoms with E-state index >= 15 is 0 Å². The van der Waals surface area contributed by atoms with Gasteiger partial charge >= 0.3 is 6.36 Å². The monoisotopic (exact) mass is 364 g/mol. The molecule has 0 bridgehead atoms. The molecule has 0 spiro atoms. The second-order valence-corrected chi connectivity index (χ2v) is 6.27. The van der Waals surface area contributed by atoms with Crippen LogP contribution in [0.3, 0.4) is 0 Å². The summed E-state index contributed by atoms with van der Waals surface area (Å²) in [7, 11) is 0. The van der Waals surface area contributed by atoms with Gasteiger partial charge in [0.2, 0.25) is 0 Å². The summed E-state index contributed by atoms with van der Waals surface area (Å²) in [6.45, 7) is 5.79. The first kappa shape index (κ1) is 17.5. The normalized spacial score (nSPS) is 13.8. The summed E-state index contributed by atoms with van der Waals surface area (Å²) in [5.41, 5.74) is 3.68. The molecule has 0 saturated heterocycles. The molecule has 3 nitrogen and oxygen atoms in total. The van der Waals surface area contributed by atoms with E-state index in [0.717, 1.165) is 23.4 Å². The van der Waals surface area contributed by atoms with E-state index in [-0.39, 0.29) is 5.75 Å². The van der Waals surface area contributed by atoms with E-state index in [4.69, 9.17) is 0 Å². The molecule has 2 heterocycles. The first-order valence-corrected chi connectivity index (χ1v) is 8.51. The first-order valence-electron chi connectivity index (χ1n) is 7.63. The van der Waals surface area contributed by atoms with Crippen LogP contribution in [0.4, 0.5) is 13.2 Å². The molecule has 25 heavy (non-hydrogen) atoms. The summed E-state index contributed by atoms with van der Waals surface area (Å²) in [5.74, 6) is 0.233. The van der Waals surface area contributed by atoms with Gasteiger partial charge in [0.1, 0.15) is 10.8 Å². The number of benzene rings is 1. The van der Waals surface area contributed by atoms with Crippen molar-refractivity contribution in [3.8, 4) is 17.0 Å². The van der Waals surface area contributed by atoms with E-state index in [2.05, 4.69) is 33.6 Å². The Balaban J connectivity index is 2.01. The van der Waals surface area contributed by atoms with Crippen molar-refractivity contribution in [2.45, 2.75) is 31.2 Å². The molecule has 1 aromatic carbocycles. The van der Waals surface area contributed by atoms with E-state index in [1.807, 2.05) is 0 Å². The van der Waals surface area contributed by atoms with Crippen molar-refractivity contribution in [1.29, 1.82) is 0 Å². The van der Waals surface area contributed by atoms with Gasteiger partial charge in [0.05, 0.1) is 5.69 Å². The van der Waals surface area contributed by atoms with Crippen LogP contribution in [-0.2, 0) is 6.42 Å². The summed E-state index contributed by atoms with van der Waals surface area (Å²) >= 11 is 1.54. The smallest absolute Gasteiger partial charge is 0.406 e. The van der Waals surface area contributed by atoms with Gasteiger partial charge in [0.15, 0.2) is 5.82 Å². The molecule has 0 unspecified atom stereocenters. The zero-order valence-electron chi connectivity index (χ0n) is 13.4. The van der Waals surface area contributed by atoms with E-state index in [1.165, 1.54) is 29.5 Å². The molecule has 2 aromatic rings. The quantitative estimate of drug-likeness (QED) is 0.659.